The summed E-state index contributed by atoms with van der Waals surface area (Å²) in [6.45, 7) is 7.32. The predicted octanol–water partition coefficient (Wildman–Crippen LogP) is 2.95. The quantitative estimate of drug-likeness (QED) is 0.526. The number of hydrogen-bond donors (Lipinski definition) is 1. The Balaban J connectivity index is 2.81. The van der Waals surface area contributed by atoms with Crippen molar-refractivity contribution < 1.29 is 19.1 Å². The molecule has 0 heterocycles. The molecule has 6 nitrogen and oxygen atoms in total. The van der Waals surface area contributed by atoms with Crippen LogP contribution < -0.4 is 14.8 Å². The molecule has 116 valence electrons. The summed E-state index contributed by atoms with van der Waals surface area (Å²) in [6.07, 6.45) is -0.595. The van der Waals surface area contributed by atoms with Gasteiger partial charge in [0.15, 0.2) is 11.5 Å². The molecule has 21 heavy (non-hydrogen) atoms. The van der Waals surface area contributed by atoms with Gasteiger partial charge in [-0.25, -0.2) is 4.79 Å². The molecule has 0 bridgehead atoms. The maximum absolute atomic E-state index is 11.5. The molecule has 1 aromatic rings. The third-order valence-corrected chi connectivity index (χ3v) is 2.54. The third kappa shape index (κ3) is 5.33. The smallest absolute Gasteiger partial charge is 0.433 e. The molecule has 0 unspecified atom stereocenters. The van der Waals surface area contributed by atoms with Gasteiger partial charge in [-0.15, -0.1) is 0 Å². The van der Waals surface area contributed by atoms with Gasteiger partial charge in [-0.2, -0.15) is 0 Å². The van der Waals surface area contributed by atoms with Crippen molar-refractivity contribution in [2.45, 2.75) is 33.2 Å². The van der Waals surface area contributed by atoms with E-state index in [1.807, 2.05) is 26.8 Å². The van der Waals surface area contributed by atoms with E-state index in [1.165, 1.54) is 0 Å². The Morgan fingerprint density at radius 2 is 1.76 bits per heavy atom. The van der Waals surface area contributed by atoms with Gasteiger partial charge in [0.2, 0.25) is 0 Å². The van der Waals surface area contributed by atoms with Crippen LogP contribution in [0.5, 0.6) is 11.5 Å². The Kier molecular flexibility index (Phi) is 5.58. The first-order valence-corrected chi connectivity index (χ1v) is 6.53. The van der Waals surface area contributed by atoms with Gasteiger partial charge in [0, 0.05) is 11.1 Å². The normalized spacial score (nSPS) is 11.8. The lowest BCUT2D eigenvalue weighted by molar-refractivity contribution is 0.142. The van der Waals surface area contributed by atoms with Crippen LogP contribution in [0.3, 0.4) is 0 Å². The van der Waals surface area contributed by atoms with Crippen LogP contribution in [-0.4, -0.2) is 31.6 Å². The summed E-state index contributed by atoms with van der Waals surface area (Å²) in [4.78, 5) is 16.4. The number of carbonyl (C=O) groups excluding carboxylic acids is 1. The molecule has 1 N–H and O–H groups in total. The van der Waals surface area contributed by atoms with Crippen LogP contribution in [-0.2, 0) is 4.84 Å². The predicted molar refractivity (Wildman–Crippen MR) is 81.1 cm³/mol. The van der Waals surface area contributed by atoms with Crippen LogP contribution in [0.4, 0.5) is 4.79 Å². The SMILES string of the molecule is COc1ccc(/C(C)=N/OC(=O)NC(C)(C)C)cc1OC. The zero-order chi connectivity index (χ0) is 16.0. The topological polar surface area (TPSA) is 69.2 Å². The zero-order valence-corrected chi connectivity index (χ0v) is 13.3. The lowest BCUT2D eigenvalue weighted by atomic mass is 10.1. The second-order valence-electron chi connectivity index (χ2n) is 5.50. The summed E-state index contributed by atoms with van der Waals surface area (Å²) in [5.41, 5.74) is 0.959. The van der Waals surface area contributed by atoms with Gasteiger partial charge in [0.25, 0.3) is 0 Å². The highest BCUT2D eigenvalue weighted by Crippen LogP contribution is 2.27. The molecule has 1 rings (SSSR count). The average molecular weight is 294 g/mol. The van der Waals surface area contributed by atoms with Gasteiger partial charge < -0.3 is 14.8 Å². The van der Waals surface area contributed by atoms with E-state index in [2.05, 4.69) is 10.5 Å². The minimum absolute atomic E-state index is 0.371. The van der Waals surface area contributed by atoms with Crippen molar-refractivity contribution >= 4 is 11.8 Å². The summed E-state index contributed by atoms with van der Waals surface area (Å²) >= 11 is 0. The average Bonchev–Trinajstić information content (AvgIpc) is 2.42. The number of oxime groups is 1. The fraction of sp³-hybridized carbons (Fsp3) is 0.467. The van der Waals surface area contributed by atoms with Crippen molar-refractivity contribution in [1.29, 1.82) is 0 Å². The molecule has 0 aliphatic rings. The number of nitrogens with one attached hydrogen (secondary N) is 1. The first kappa shape index (κ1) is 16.8. The molecule has 0 atom stereocenters. The first-order valence-electron chi connectivity index (χ1n) is 6.53. The second kappa shape index (κ2) is 6.97. The maximum atomic E-state index is 11.5. The molecule has 0 aliphatic carbocycles. The Morgan fingerprint density at radius 3 is 2.29 bits per heavy atom. The Bertz CT molecular complexity index is 533. The largest absolute Gasteiger partial charge is 0.493 e. The van der Waals surface area contributed by atoms with Crippen molar-refractivity contribution in [2.75, 3.05) is 14.2 Å². The standard InChI is InChI=1S/C15H22N2O4/c1-10(17-21-14(18)16-15(2,3)4)11-7-8-12(19-5)13(9-11)20-6/h7-9H,1-6H3,(H,16,18)/b17-10+. The highest BCUT2D eigenvalue weighted by Gasteiger charge is 2.15. The molecule has 0 aromatic heterocycles. The molecule has 0 spiro atoms. The van der Waals surface area contributed by atoms with Crippen molar-refractivity contribution in [3.05, 3.63) is 23.8 Å². The lowest BCUT2D eigenvalue weighted by Crippen LogP contribution is -2.40. The number of amides is 1. The van der Waals surface area contributed by atoms with Crippen LogP contribution >= 0.6 is 0 Å². The van der Waals surface area contributed by atoms with Crippen molar-refractivity contribution in [2.24, 2.45) is 5.16 Å². The van der Waals surface area contributed by atoms with Crippen LogP contribution in [0.25, 0.3) is 0 Å². The van der Waals surface area contributed by atoms with E-state index in [0.29, 0.717) is 17.2 Å². The molecule has 6 heteroatoms. The summed E-state index contributed by atoms with van der Waals surface area (Å²) in [7, 11) is 3.12. The molecular formula is C15H22N2O4. The van der Waals surface area contributed by atoms with E-state index < -0.39 is 6.09 Å². The molecule has 0 saturated heterocycles. The van der Waals surface area contributed by atoms with Gasteiger partial charge in [0.1, 0.15) is 0 Å². The Labute approximate surface area is 125 Å². The summed E-state index contributed by atoms with van der Waals surface area (Å²) in [5, 5.41) is 6.47. The van der Waals surface area contributed by atoms with Gasteiger partial charge >= 0.3 is 6.09 Å². The molecule has 0 saturated carbocycles. The number of ether oxygens (including phenoxy) is 2. The fourth-order valence-corrected chi connectivity index (χ4v) is 1.55. The molecule has 1 aromatic carbocycles. The molecule has 0 aliphatic heterocycles. The highest BCUT2D eigenvalue weighted by atomic mass is 16.7. The molecule has 0 radical (unpaired) electrons. The minimum Gasteiger partial charge on any atom is -0.493 e. The summed E-state index contributed by atoms with van der Waals surface area (Å²) in [5.74, 6) is 1.21. The number of rotatable bonds is 4. The molecule has 1 amide bonds. The number of methoxy groups -OCH3 is 2. The Morgan fingerprint density at radius 1 is 1.14 bits per heavy atom. The van der Waals surface area contributed by atoms with Gasteiger partial charge in [-0.05, 0) is 45.9 Å². The fourth-order valence-electron chi connectivity index (χ4n) is 1.55. The first-order chi connectivity index (χ1) is 9.76. The van der Waals surface area contributed by atoms with Crippen molar-refractivity contribution in [3.8, 4) is 11.5 Å². The number of benzene rings is 1. The number of carbonyl (C=O) groups is 1. The van der Waals surface area contributed by atoms with Crippen LogP contribution in [0.1, 0.15) is 33.3 Å². The van der Waals surface area contributed by atoms with E-state index in [4.69, 9.17) is 14.3 Å². The third-order valence-electron chi connectivity index (χ3n) is 2.54. The number of nitrogens with zero attached hydrogens (tertiary/aromatic N) is 1. The van der Waals surface area contributed by atoms with E-state index in [0.717, 1.165) is 5.56 Å². The highest BCUT2D eigenvalue weighted by molar-refractivity contribution is 5.99. The Hall–Kier alpha value is -2.24. The summed E-state index contributed by atoms with van der Waals surface area (Å²) in [6, 6.07) is 5.34. The molecular weight excluding hydrogens is 272 g/mol. The summed E-state index contributed by atoms with van der Waals surface area (Å²) < 4.78 is 10.4. The van der Waals surface area contributed by atoms with Gasteiger partial charge in [-0.1, -0.05) is 5.16 Å². The van der Waals surface area contributed by atoms with Gasteiger partial charge in [0.05, 0.1) is 19.9 Å². The number of hydrogen-bond acceptors (Lipinski definition) is 5. The maximum Gasteiger partial charge on any atom is 0.433 e. The van der Waals surface area contributed by atoms with Crippen molar-refractivity contribution in [3.63, 3.8) is 0 Å². The van der Waals surface area contributed by atoms with E-state index >= 15 is 0 Å². The van der Waals surface area contributed by atoms with Crippen LogP contribution in [0, 0.1) is 0 Å². The van der Waals surface area contributed by atoms with E-state index in [9.17, 15) is 4.79 Å². The monoisotopic (exact) mass is 294 g/mol. The van der Waals surface area contributed by atoms with E-state index in [1.54, 1.807) is 33.3 Å². The van der Waals surface area contributed by atoms with E-state index in [-0.39, 0.29) is 5.54 Å². The molecule has 0 fully saturated rings. The second-order valence-corrected chi connectivity index (χ2v) is 5.50. The zero-order valence-electron chi connectivity index (χ0n) is 13.3. The van der Waals surface area contributed by atoms with Gasteiger partial charge in [-0.3, -0.25) is 4.84 Å². The van der Waals surface area contributed by atoms with Crippen LogP contribution in [0.2, 0.25) is 0 Å². The van der Waals surface area contributed by atoms with Crippen molar-refractivity contribution in [1.82, 2.24) is 5.32 Å². The van der Waals surface area contributed by atoms with Crippen LogP contribution in [0.15, 0.2) is 23.4 Å². The minimum atomic E-state index is -0.595. The lowest BCUT2D eigenvalue weighted by Gasteiger charge is -2.18.